The molecule has 0 aromatic heterocycles. The van der Waals surface area contributed by atoms with Gasteiger partial charge in [-0.3, -0.25) is 0 Å². The fourth-order valence-electron chi connectivity index (χ4n) is 0.845. The summed E-state index contributed by atoms with van der Waals surface area (Å²) in [5, 5.41) is 0.885. The Morgan fingerprint density at radius 3 is 0.647 bits per heavy atom. The van der Waals surface area contributed by atoms with Gasteiger partial charge in [0.05, 0.1) is 0 Å². The number of carbonyl (C=O) groups is 3. The Labute approximate surface area is 231 Å². The molecule has 0 saturated carbocycles. The predicted octanol–water partition coefficient (Wildman–Crippen LogP) is 0.395. The first kappa shape index (κ1) is 39.2. The molecule has 16 heteroatoms. The zero-order chi connectivity index (χ0) is 27.0. The minimum Gasteiger partial charge on any atom is -0.742 e. The number of hydrogen-bond donors (Lipinski definition) is 0. The molecule has 0 rings (SSSR count). The van der Waals surface area contributed by atoms with Crippen molar-refractivity contribution in [2.24, 2.45) is 15.0 Å². The van der Waals surface area contributed by atoms with Crippen molar-refractivity contribution >= 4 is 71.5 Å². The molecule has 1 radical (unpaired) electrons. The number of urea groups is 3. The molecule has 12 nitrogen and oxygen atoms in total. The second kappa shape index (κ2) is 20.4. The molecule has 0 unspecified atom stereocenters. The first-order chi connectivity index (χ1) is 14.8. The minimum absolute atomic E-state index is 0. The van der Waals surface area contributed by atoms with Crippen LogP contribution in [0.15, 0.2) is 15.0 Å². The van der Waals surface area contributed by atoms with E-state index in [2.05, 4.69) is 15.0 Å². The van der Waals surface area contributed by atoms with Gasteiger partial charge in [-0.05, 0) is 15.5 Å². The Kier molecular flexibility index (Phi) is 23.5. The first-order valence-corrected chi connectivity index (χ1v) is 10.5. The Morgan fingerprint density at radius 2 is 0.559 bits per heavy atom. The molecule has 0 aromatic rings. The molecule has 0 heterocycles. The van der Waals surface area contributed by atoms with E-state index >= 15 is 0 Å². The van der Waals surface area contributed by atoms with E-state index in [1.54, 1.807) is 99.3 Å². The monoisotopic (exact) mass is 578 g/mol. The van der Waals surface area contributed by atoms with Gasteiger partial charge in [0.2, 0.25) is 0 Å². The summed E-state index contributed by atoms with van der Waals surface area (Å²) < 4.78 is 0. The third-order valence-electron chi connectivity index (χ3n) is 2.87. The normalized spacial score (nSPS) is 10.8. The SMILES string of the molecule is CN(C)C(=O)/N=C(\[S-])N(C)C.CN(C)C(=O)/N=C(\[S-])N(C)C.CN(C)C(=O)/N=C(\[S-])N(C)C.[Fe+3]. The van der Waals surface area contributed by atoms with Crippen molar-refractivity contribution in [3.63, 3.8) is 0 Å². The largest absolute Gasteiger partial charge is 3.00 e. The van der Waals surface area contributed by atoms with Crippen molar-refractivity contribution < 1.29 is 31.5 Å². The van der Waals surface area contributed by atoms with E-state index in [4.69, 9.17) is 37.9 Å². The van der Waals surface area contributed by atoms with Crippen LogP contribution in [0.3, 0.4) is 0 Å². The van der Waals surface area contributed by atoms with Crippen molar-refractivity contribution in [2.45, 2.75) is 0 Å². The van der Waals surface area contributed by atoms with Crippen molar-refractivity contribution in [3.05, 3.63) is 0 Å². The number of hydrogen-bond acceptors (Lipinski definition) is 6. The topological polar surface area (TPSA) is 108 Å². The van der Waals surface area contributed by atoms with Gasteiger partial charge in [-0.1, -0.05) is 0 Å². The second-order valence-electron chi connectivity index (χ2n) is 7.40. The van der Waals surface area contributed by atoms with Crippen LogP contribution in [-0.2, 0) is 55.0 Å². The Balaban J connectivity index is -0.000000196. The smallest absolute Gasteiger partial charge is 0.742 e. The van der Waals surface area contributed by atoms with Crippen LogP contribution in [0.25, 0.3) is 0 Å². The van der Waals surface area contributed by atoms with E-state index in [0.29, 0.717) is 15.5 Å². The van der Waals surface area contributed by atoms with E-state index in [1.165, 1.54) is 14.7 Å². The molecule has 0 fully saturated rings. The van der Waals surface area contributed by atoms with Crippen molar-refractivity contribution in [2.75, 3.05) is 84.6 Å². The molecule has 0 atom stereocenters. The summed E-state index contributed by atoms with van der Waals surface area (Å²) in [6.45, 7) is 0. The van der Waals surface area contributed by atoms with E-state index in [9.17, 15) is 14.4 Å². The van der Waals surface area contributed by atoms with Crippen LogP contribution in [-0.4, -0.2) is 148 Å². The molecule has 0 N–H and O–H groups in total. The fourth-order valence-corrected chi connectivity index (χ4v) is 1.08. The van der Waals surface area contributed by atoms with Gasteiger partial charge < -0.3 is 67.3 Å². The zero-order valence-electron chi connectivity index (χ0n) is 21.8. The minimum atomic E-state index is -0.330. The second-order valence-corrected chi connectivity index (χ2v) is 8.49. The molecular formula is C18H36FeN9O3S3. The Bertz CT molecular complexity index is 632. The van der Waals surface area contributed by atoms with Gasteiger partial charge in [-0.15, -0.1) is 0 Å². The molecule has 0 aliphatic rings. The van der Waals surface area contributed by atoms with Gasteiger partial charge in [-0.2, -0.15) is 0 Å². The third-order valence-corrected chi connectivity index (χ3v) is 4.24. The van der Waals surface area contributed by atoms with Gasteiger partial charge in [0.1, 0.15) is 0 Å². The third kappa shape index (κ3) is 21.8. The predicted molar refractivity (Wildman–Crippen MR) is 143 cm³/mol. The number of amides is 6. The zero-order valence-corrected chi connectivity index (χ0v) is 25.4. The number of carbonyl (C=O) groups excluding carboxylic acids is 3. The van der Waals surface area contributed by atoms with E-state index in [-0.39, 0.29) is 35.2 Å². The summed E-state index contributed by atoms with van der Waals surface area (Å²) in [7, 11) is 20.2. The van der Waals surface area contributed by atoms with Gasteiger partial charge in [-0.25, -0.2) is 29.4 Å². The molecule has 0 bridgehead atoms. The van der Waals surface area contributed by atoms with Crippen molar-refractivity contribution in [3.8, 4) is 0 Å². The van der Waals surface area contributed by atoms with Crippen LogP contribution in [0.5, 0.6) is 0 Å². The first-order valence-electron chi connectivity index (χ1n) is 9.27. The summed E-state index contributed by atoms with van der Waals surface area (Å²) >= 11 is 14.4. The summed E-state index contributed by atoms with van der Waals surface area (Å²) in [5.41, 5.74) is 0. The maximum atomic E-state index is 10.9. The van der Waals surface area contributed by atoms with E-state index in [1.807, 2.05) is 0 Å². The average Bonchev–Trinajstić information content (AvgIpc) is 2.67. The summed E-state index contributed by atoms with van der Waals surface area (Å²) in [6.07, 6.45) is 0. The van der Waals surface area contributed by atoms with Crippen LogP contribution >= 0.6 is 0 Å². The van der Waals surface area contributed by atoms with E-state index in [0.717, 1.165) is 0 Å². The molecular weight excluding hydrogens is 542 g/mol. The molecule has 197 valence electrons. The van der Waals surface area contributed by atoms with Crippen molar-refractivity contribution in [1.82, 2.24) is 29.4 Å². The fraction of sp³-hybridized carbons (Fsp3) is 0.667. The molecule has 0 aliphatic carbocycles. The van der Waals surface area contributed by atoms with Gasteiger partial charge in [0.15, 0.2) is 0 Å². The number of amidine groups is 3. The van der Waals surface area contributed by atoms with Gasteiger partial charge >= 0.3 is 35.2 Å². The summed E-state index contributed by atoms with van der Waals surface area (Å²) in [4.78, 5) is 52.5. The van der Waals surface area contributed by atoms with Gasteiger partial charge in [0.25, 0.3) is 0 Å². The number of aliphatic imine (C=N–C) groups is 3. The Morgan fingerprint density at radius 1 is 0.412 bits per heavy atom. The summed E-state index contributed by atoms with van der Waals surface area (Å²) in [6, 6.07) is -0.990. The molecule has 0 saturated heterocycles. The number of rotatable bonds is 0. The summed E-state index contributed by atoms with van der Waals surface area (Å²) in [5.74, 6) is 0. The Hall–Kier alpha value is -2.00. The number of nitrogens with zero attached hydrogens (tertiary/aromatic N) is 9. The molecule has 6 amide bonds. The molecule has 0 aromatic carbocycles. The molecule has 0 aliphatic heterocycles. The van der Waals surface area contributed by atoms with Crippen LogP contribution < -0.4 is 0 Å². The van der Waals surface area contributed by atoms with Crippen molar-refractivity contribution in [1.29, 1.82) is 0 Å². The maximum absolute atomic E-state index is 10.9. The van der Waals surface area contributed by atoms with E-state index < -0.39 is 0 Å². The van der Waals surface area contributed by atoms with Crippen LogP contribution in [0, 0.1) is 0 Å². The maximum Gasteiger partial charge on any atom is 3.00 e. The van der Waals surface area contributed by atoms with Crippen LogP contribution in [0.4, 0.5) is 14.4 Å². The standard InChI is InChI=1S/3C6H13N3OS.Fe/c3*1-8(2)5(10)7-6(11)9(3)4;/h3*1-4H3,(H,7,10,11);/q;;;+3/p-3. The van der Waals surface area contributed by atoms with Crippen LogP contribution in [0.1, 0.15) is 0 Å². The molecule has 34 heavy (non-hydrogen) atoms. The van der Waals surface area contributed by atoms with Gasteiger partial charge in [0, 0.05) is 84.6 Å². The quantitative estimate of drug-likeness (QED) is 0.175. The van der Waals surface area contributed by atoms with Crippen LogP contribution in [0.2, 0.25) is 0 Å². The molecule has 0 spiro atoms. The average molecular weight is 579 g/mol.